The van der Waals surface area contributed by atoms with E-state index >= 15 is 0 Å². The molecule has 6 nitrogen and oxygen atoms in total. The van der Waals surface area contributed by atoms with E-state index in [4.69, 9.17) is 9.47 Å². The Labute approximate surface area is 138 Å². The molecule has 0 bridgehead atoms. The van der Waals surface area contributed by atoms with Crippen molar-refractivity contribution in [2.75, 3.05) is 7.11 Å². The maximum absolute atomic E-state index is 12.1. The Kier molecular flexibility index (Phi) is 5.70. The minimum absolute atomic E-state index is 0.0681. The molecule has 122 valence electrons. The maximum atomic E-state index is 12.1. The molecular formula is C15H20BrNO5. The van der Waals surface area contributed by atoms with Crippen LogP contribution in [0.25, 0.3) is 0 Å². The first-order valence-electron chi connectivity index (χ1n) is 6.69. The van der Waals surface area contributed by atoms with E-state index in [-0.39, 0.29) is 5.69 Å². The number of nitro benzene ring substituents is 1. The fourth-order valence-electron chi connectivity index (χ4n) is 2.08. The Balaban J connectivity index is 3.55. The molecule has 0 aromatic heterocycles. The zero-order chi connectivity index (χ0) is 17.2. The van der Waals surface area contributed by atoms with Crippen LogP contribution in [0.1, 0.15) is 43.6 Å². The van der Waals surface area contributed by atoms with E-state index in [0.717, 1.165) is 0 Å². The van der Waals surface area contributed by atoms with E-state index in [0.29, 0.717) is 21.2 Å². The molecule has 0 N–H and O–H groups in total. The lowest BCUT2D eigenvalue weighted by atomic mass is 9.98. The van der Waals surface area contributed by atoms with Crippen molar-refractivity contribution in [1.82, 2.24) is 0 Å². The van der Waals surface area contributed by atoms with Crippen LogP contribution in [0, 0.1) is 24.0 Å². The quantitative estimate of drug-likeness (QED) is 0.452. The van der Waals surface area contributed by atoms with Crippen LogP contribution in [-0.2, 0) is 14.3 Å². The average molecular weight is 374 g/mol. The van der Waals surface area contributed by atoms with Gasteiger partial charge in [-0.2, -0.15) is 0 Å². The van der Waals surface area contributed by atoms with Gasteiger partial charge in [-0.05, 0) is 56.1 Å². The number of benzene rings is 1. The van der Waals surface area contributed by atoms with Crippen molar-refractivity contribution in [3.05, 3.63) is 37.3 Å². The van der Waals surface area contributed by atoms with Crippen molar-refractivity contribution in [1.29, 1.82) is 0 Å². The lowest BCUT2D eigenvalue weighted by Crippen LogP contribution is -2.29. The number of nitro groups is 1. The van der Waals surface area contributed by atoms with Crippen molar-refractivity contribution < 1.29 is 19.2 Å². The minimum Gasteiger partial charge on any atom is -0.467 e. The summed E-state index contributed by atoms with van der Waals surface area (Å²) in [5.41, 5.74) is 0.789. The molecule has 0 aliphatic rings. The average Bonchev–Trinajstić information content (AvgIpc) is 2.38. The molecule has 1 rings (SSSR count). The fourth-order valence-corrected chi connectivity index (χ4v) is 2.64. The number of carbonyl (C=O) groups excluding carboxylic acids is 1. The van der Waals surface area contributed by atoms with Gasteiger partial charge in [0, 0.05) is 11.1 Å². The highest BCUT2D eigenvalue weighted by molar-refractivity contribution is 9.10. The molecule has 0 fully saturated rings. The fraction of sp³-hybridized carbons (Fsp3) is 0.533. The van der Waals surface area contributed by atoms with E-state index in [1.54, 1.807) is 40.7 Å². The van der Waals surface area contributed by atoms with Gasteiger partial charge in [-0.3, -0.25) is 10.1 Å². The number of methoxy groups -OCH3 is 1. The van der Waals surface area contributed by atoms with Crippen molar-refractivity contribution >= 4 is 27.6 Å². The number of ether oxygens (including phenoxy) is 2. The van der Waals surface area contributed by atoms with Gasteiger partial charge in [0.25, 0.3) is 5.69 Å². The molecule has 0 saturated heterocycles. The predicted octanol–water partition coefficient (Wildman–Crippen LogP) is 4.00. The Morgan fingerprint density at radius 3 is 2.32 bits per heavy atom. The second-order valence-corrected chi connectivity index (χ2v) is 6.75. The zero-order valence-corrected chi connectivity index (χ0v) is 15.1. The lowest BCUT2D eigenvalue weighted by Gasteiger charge is -2.27. The second kappa shape index (κ2) is 6.75. The van der Waals surface area contributed by atoms with Gasteiger partial charge >= 0.3 is 5.97 Å². The smallest absolute Gasteiger partial charge is 0.339 e. The third kappa shape index (κ3) is 4.04. The summed E-state index contributed by atoms with van der Waals surface area (Å²) < 4.78 is 11.0. The molecule has 0 aliphatic heterocycles. The molecule has 0 unspecified atom stereocenters. The minimum atomic E-state index is -1.02. The maximum Gasteiger partial charge on any atom is 0.339 e. The summed E-state index contributed by atoms with van der Waals surface area (Å²) in [6.45, 7) is 8.74. The molecule has 0 spiro atoms. The van der Waals surface area contributed by atoms with E-state index in [1.807, 2.05) is 0 Å². The Bertz CT molecular complexity index is 607. The number of hydrogen-bond donors (Lipinski definition) is 0. The molecule has 1 aromatic rings. The third-order valence-corrected chi connectivity index (χ3v) is 4.07. The first-order valence-corrected chi connectivity index (χ1v) is 7.48. The molecular weight excluding hydrogens is 354 g/mol. The van der Waals surface area contributed by atoms with Gasteiger partial charge in [0.05, 0.1) is 22.1 Å². The van der Waals surface area contributed by atoms with Gasteiger partial charge in [-0.25, -0.2) is 4.79 Å². The van der Waals surface area contributed by atoms with Gasteiger partial charge in [0.1, 0.15) is 0 Å². The number of aryl methyl sites for hydroxylation is 1. The molecule has 0 aliphatic carbocycles. The monoisotopic (exact) mass is 373 g/mol. The predicted molar refractivity (Wildman–Crippen MR) is 85.9 cm³/mol. The van der Waals surface area contributed by atoms with Gasteiger partial charge < -0.3 is 9.47 Å². The van der Waals surface area contributed by atoms with Crippen molar-refractivity contribution in [3.63, 3.8) is 0 Å². The van der Waals surface area contributed by atoms with Crippen LogP contribution < -0.4 is 0 Å². The topological polar surface area (TPSA) is 78.7 Å². The van der Waals surface area contributed by atoms with Crippen molar-refractivity contribution in [2.24, 2.45) is 0 Å². The van der Waals surface area contributed by atoms with Crippen molar-refractivity contribution in [3.8, 4) is 0 Å². The molecule has 0 heterocycles. The SMILES string of the molecule is COC(=O)[C@@H](OC(C)(C)C)c1cc(C)c(Br)c([N+](=O)[O-])c1C. The summed E-state index contributed by atoms with van der Waals surface area (Å²) in [7, 11) is 1.26. The van der Waals surface area contributed by atoms with Crippen LogP contribution in [-0.4, -0.2) is 23.6 Å². The summed E-state index contributed by atoms with van der Waals surface area (Å²) >= 11 is 3.23. The first-order chi connectivity index (χ1) is 9.99. The van der Waals surface area contributed by atoms with Crippen LogP contribution in [0.5, 0.6) is 0 Å². The second-order valence-electron chi connectivity index (χ2n) is 5.96. The summed E-state index contributed by atoms with van der Waals surface area (Å²) in [5, 5.41) is 11.3. The molecule has 0 amide bonds. The molecule has 1 aromatic carbocycles. The van der Waals surface area contributed by atoms with Crippen LogP contribution in [0.2, 0.25) is 0 Å². The number of carbonyl (C=O) groups is 1. The Hall–Kier alpha value is -1.47. The number of nitrogens with zero attached hydrogens (tertiary/aromatic N) is 1. The van der Waals surface area contributed by atoms with E-state index in [2.05, 4.69) is 15.9 Å². The van der Waals surface area contributed by atoms with Crippen LogP contribution in [0.15, 0.2) is 10.5 Å². The summed E-state index contributed by atoms with van der Waals surface area (Å²) in [6.07, 6.45) is -1.02. The standard InChI is InChI=1S/C15H20BrNO5/c1-8-7-10(9(2)12(11(8)16)17(19)20)13(14(18)21-6)22-15(3,4)5/h7,13H,1-6H3/t13-/m0/s1. The van der Waals surface area contributed by atoms with Gasteiger partial charge in [0.15, 0.2) is 6.10 Å². The van der Waals surface area contributed by atoms with Gasteiger partial charge in [0.2, 0.25) is 0 Å². The first kappa shape index (κ1) is 18.6. The normalized spacial score (nSPS) is 12.9. The number of halogens is 1. The molecule has 22 heavy (non-hydrogen) atoms. The van der Waals surface area contributed by atoms with E-state index in [1.165, 1.54) is 7.11 Å². The van der Waals surface area contributed by atoms with Crippen LogP contribution in [0.4, 0.5) is 5.69 Å². The number of rotatable bonds is 4. The highest BCUT2D eigenvalue weighted by atomic mass is 79.9. The zero-order valence-electron chi connectivity index (χ0n) is 13.5. The highest BCUT2D eigenvalue weighted by Crippen LogP contribution is 2.38. The van der Waals surface area contributed by atoms with Gasteiger partial charge in [-0.1, -0.05) is 6.07 Å². The third-order valence-electron chi connectivity index (χ3n) is 3.07. The molecule has 0 radical (unpaired) electrons. The van der Waals surface area contributed by atoms with Gasteiger partial charge in [-0.15, -0.1) is 0 Å². The molecule has 0 saturated carbocycles. The number of hydrogen-bond acceptors (Lipinski definition) is 5. The summed E-state index contributed by atoms with van der Waals surface area (Å²) in [5.74, 6) is -0.589. The van der Waals surface area contributed by atoms with Crippen LogP contribution in [0.3, 0.4) is 0 Å². The molecule has 1 atom stereocenters. The van der Waals surface area contributed by atoms with Crippen LogP contribution >= 0.6 is 15.9 Å². The van der Waals surface area contributed by atoms with E-state index in [9.17, 15) is 14.9 Å². The number of esters is 1. The lowest BCUT2D eigenvalue weighted by molar-refractivity contribution is -0.386. The summed E-state index contributed by atoms with van der Waals surface area (Å²) in [4.78, 5) is 22.9. The highest BCUT2D eigenvalue weighted by Gasteiger charge is 2.33. The Morgan fingerprint density at radius 1 is 1.36 bits per heavy atom. The Morgan fingerprint density at radius 2 is 1.91 bits per heavy atom. The largest absolute Gasteiger partial charge is 0.467 e. The molecule has 7 heteroatoms. The summed E-state index contributed by atoms with van der Waals surface area (Å²) in [6, 6.07) is 1.71. The van der Waals surface area contributed by atoms with E-state index < -0.39 is 22.6 Å². The van der Waals surface area contributed by atoms with Crippen molar-refractivity contribution in [2.45, 2.75) is 46.3 Å².